The van der Waals surface area contributed by atoms with Crippen molar-refractivity contribution < 1.29 is 13.7 Å². The molecule has 146 valence electrons. The molecule has 0 aliphatic carbocycles. The summed E-state index contributed by atoms with van der Waals surface area (Å²) in [5, 5.41) is 4.50. The Bertz CT molecular complexity index is 1270. The second kappa shape index (κ2) is 7.48. The van der Waals surface area contributed by atoms with Gasteiger partial charge in [-0.15, -0.1) is 0 Å². The zero-order valence-corrected chi connectivity index (χ0v) is 15.9. The molecule has 0 spiro atoms. The number of hydrogen-bond donors (Lipinski definition) is 0. The summed E-state index contributed by atoms with van der Waals surface area (Å²) in [5.74, 6) is -0.748. The fraction of sp³-hybridized carbons (Fsp3) is 0.100. The summed E-state index contributed by atoms with van der Waals surface area (Å²) in [6, 6.07) is 12.3. The maximum Gasteiger partial charge on any atom is 0.267 e. The number of carbonyl (C=O) groups is 1. The van der Waals surface area contributed by atoms with E-state index >= 15 is 0 Å². The predicted octanol–water partition coefficient (Wildman–Crippen LogP) is 3.51. The first-order valence-electron chi connectivity index (χ1n) is 8.57. The van der Waals surface area contributed by atoms with Gasteiger partial charge >= 0.3 is 0 Å². The topological polar surface area (TPSA) is 81.2 Å². The molecule has 4 aromatic rings. The molecule has 0 aliphatic heterocycles. The van der Waals surface area contributed by atoms with Gasteiger partial charge in [-0.1, -0.05) is 22.8 Å². The van der Waals surface area contributed by atoms with E-state index < -0.39 is 11.4 Å². The molecule has 0 fully saturated rings. The molecule has 2 aromatic carbocycles. The van der Waals surface area contributed by atoms with Gasteiger partial charge in [0.1, 0.15) is 29.8 Å². The van der Waals surface area contributed by atoms with Crippen LogP contribution in [0.2, 0.25) is 5.02 Å². The van der Waals surface area contributed by atoms with Gasteiger partial charge in [-0.05, 0) is 42.5 Å². The minimum atomic E-state index is -0.483. The average molecular weight is 413 g/mol. The number of likely N-dealkylation sites (N-methyl/N-ethyl adjacent to an activating group) is 1. The van der Waals surface area contributed by atoms with Crippen molar-refractivity contribution in [2.45, 2.75) is 6.54 Å². The van der Waals surface area contributed by atoms with Crippen LogP contribution in [0.25, 0.3) is 22.4 Å². The smallest absolute Gasteiger partial charge is 0.267 e. The Morgan fingerprint density at radius 3 is 2.72 bits per heavy atom. The molecular formula is C20H14ClFN4O3. The van der Waals surface area contributed by atoms with Crippen molar-refractivity contribution in [2.24, 2.45) is 0 Å². The van der Waals surface area contributed by atoms with Crippen LogP contribution in [0.4, 0.5) is 10.1 Å². The Balaban J connectivity index is 1.69. The third kappa shape index (κ3) is 3.62. The summed E-state index contributed by atoms with van der Waals surface area (Å²) in [5.41, 5.74) is 0.901. The normalized spacial score (nSPS) is 11.0. The summed E-state index contributed by atoms with van der Waals surface area (Å²) < 4.78 is 19.5. The zero-order chi connectivity index (χ0) is 20.5. The van der Waals surface area contributed by atoms with Gasteiger partial charge in [0.25, 0.3) is 11.3 Å². The Morgan fingerprint density at radius 1 is 1.24 bits per heavy atom. The van der Waals surface area contributed by atoms with Gasteiger partial charge in [-0.25, -0.2) is 9.37 Å². The van der Waals surface area contributed by atoms with Gasteiger partial charge < -0.3 is 9.42 Å². The molecular weight excluding hydrogens is 399 g/mol. The Labute approximate surface area is 168 Å². The highest BCUT2D eigenvalue weighted by Gasteiger charge is 2.19. The first kappa shape index (κ1) is 18.8. The van der Waals surface area contributed by atoms with E-state index in [4.69, 9.17) is 16.1 Å². The summed E-state index contributed by atoms with van der Waals surface area (Å²) in [4.78, 5) is 31.1. The number of carbonyl (C=O) groups excluding carboxylic acids is 1. The van der Waals surface area contributed by atoms with Crippen LogP contribution in [0.1, 0.15) is 0 Å². The summed E-state index contributed by atoms with van der Waals surface area (Å²) in [6.45, 7) is -0.237. The van der Waals surface area contributed by atoms with Crippen molar-refractivity contribution in [3.63, 3.8) is 0 Å². The molecule has 0 atom stereocenters. The summed E-state index contributed by atoms with van der Waals surface area (Å²) in [6.07, 6.45) is 1.23. The molecule has 2 aromatic heterocycles. The molecule has 0 N–H and O–H groups in total. The number of nitrogens with zero attached hydrogens (tertiary/aromatic N) is 4. The standard InChI is InChI=1S/C20H14ClFN4O3/c1-25(15-4-2-3-13(21)9-15)16(27)10-26-11-23-19-17(20(26)28)18(24-29-19)12-5-7-14(22)8-6-12/h2-9,11H,10H2,1H3. The van der Waals surface area contributed by atoms with Crippen molar-refractivity contribution in [1.82, 2.24) is 14.7 Å². The molecule has 0 bridgehead atoms. The van der Waals surface area contributed by atoms with E-state index in [1.54, 1.807) is 31.3 Å². The monoisotopic (exact) mass is 412 g/mol. The fourth-order valence-electron chi connectivity index (χ4n) is 2.88. The van der Waals surface area contributed by atoms with Crippen molar-refractivity contribution in [3.05, 3.63) is 76.1 Å². The van der Waals surface area contributed by atoms with Gasteiger partial charge in [0.05, 0.1) is 0 Å². The first-order valence-corrected chi connectivity index (χ1v) is 8.95. The molecule has 0 aliphatic rings. The highest BCUT2D eigenvalue weighted by atomic mass is 35.5. The van der Waals surface area contributed by atoms with Gasteiger partial charge in [0.2, 0.25) is 5.91 Å². The lowest BCUT2D eigenvalue weighted by Gasteiger charge is -2.18. The quantitative estimate of drug-likeness (QED) is 0.512. The first-order chi connectivity index (χ1) is 13.9. The van der Waals surface area contributed by atoms with Crippen LogP contribution in [-0.4, -0.2) is 27.7 Å². The number of fused-ring (bicyclic) bond motifs is 1. The highest BCUT2D eigenvalue weighted by molar-refractivity contribution is 6.30. The van der Waals surface area contributed by atoms with Crippen LogP contribution in [0.5, 0.6) is 0 Å². The summed E-state index contributed by atoms with van der Waals surface area (Å²) >= 11 is 5.97. The molecule has 29 heavy (non-hydrogen) atoms. The molecule has 0 saturated carbocycles. The maximum atomic E-state index is 13.2. The van der Waals surface area contributed by atoms with E-state index in [0.717, 1.165) is 0 Å². The Kier molecular flexibility index (Phi) is 4.85. The van der Waals surface area contributed by atoms with Gasteiger partial charge in [-0.3, -0.25) is 14.2 Å². The lowest BCUT2D eigenvalue weighted by atomic mass is 10.1. The van der Waals surface area contributed by atoms with E-state index in [-0.39, 0.29) is 29.2 Å². The number of halogens is 2. The van der Waals surface area contributed by atoms with Crippen LogP contribution in [0, 0.1) is 5.82 Å². The number of hydrogen-bond acceptors (Lipinski definition) is 5. The molecule has 9 heteroatoms. The van der Waals surface area contributed by atoms with Crippen LogP contribution in [-0.2, 0) is 11.3 Å². The predicted molar refractivity (Wildman–Crippen MR) is 106 cm³/mol. The van der Waals surface area contributed by atoms with E-state index in [2.05, 4.69) is 10.1 Å². The van der Waals surface area contributed by atoms with Crippen molar-refractivity contribution in [2.75, 3.05) is 11.9 Å². The highest BCUT2D eigenvalue weighted by Crippen LogP contribution is 2.24. The second-order valence-electron chi connectivity index (χ2n) is 6.33. The minimum Gasteiger partial charge on any atom is -0.335 e. The minimum absolute atomic E-state index is 0.0428. The molecule has 0 saturated heterocycles. The summed E-state index contributed by atoms with van der Waals surface area (Å²) in [7, 11) is 1.59. The molecule has 4 rings (SSSR count). The number of anilines is 1. The maximum absolute atomic E-state index is 13.2. The molecule has 0 radical (unpaired) electrons. The van der Waals surface area contributed by atoms with Gasteiger partial charge in [-0.2, -0.15) is 0 Å². The average Bonchev–Trinajstić information content (AvgIpc) is 3.15. The molecule has 0 unspecified atom stereocenters. The van der Waals surface area contributed by atoms with E-state index in [0.29, 0.717) is 16.3 Å². The van der Waals surface area contributed by atoms with E-state index in [9.17, 15) is 14.0 Å². The number of benzene rings is 2. The van der Waals surface area contributed by atoms with Gasteiger partial charge in [0, 0.05) is 23.3 Å². The van der Waals surface area contributed by atoms with Crippen LogP contribution in [0.15, 0.2) is 64.2 Å². The van der Waals surface area contributed by atoms with E-state index in [1.165, 1.54) is 40.1 Å². The number of rotatable bonds is 4. The Hall–Kier alpha value is -3.52. The lowest BCUT2D eigenvalue weighted by molar-refractivity contribution is -0.118. The van der Waals surface area contributed by atoms with Gasteiger partial charge in [0.15, 0.2) is 0 Å². The third-order valence-electron chi connectivity index (χ3n) is 4.46. The molecule has 1 amide bonds. The Morgan fingerprint density at radius 2 is 2.00 bits per heavy atom. The van der Waals surface area contributed by atoms with Crippen LogP contribution in [0.3, 0.4) is 0 Å². The lowest BCUT2D eigenvalue weighted by Crippen LogP contribution is -2.34. The SMILES string of the molecule is CN(C(=O)Cn1cnc2onc(-c3ccc(F)cc3)c2c1=O)c1cccc(Cl)c1. The number of amides is 1. The van der Waals surface area contributed by atoms with E-state index in [1.807, 2.05) is 0 Å². The third-order valence-corrected chi connectivity index (χ3v) is 4.69. The number of aromatic nitrogens is 3. The van der Waals surface area contributed by atoms with Crippen molar-refractivity contribution in [1.29, 1.82) is 0 Å². The van der Waals surface area contributed by atoms with Crippen molar-refractivity contribution >= 4 is 34.3 Å². The largest absolute Gasteiger partial charge is 0.335 e. The fourth-order valence-corrected chi connectivity index (χ4v) is 3.06. The van der Waals surface area contributed by atoms with Crippen LogP contribution < -0.4 is 10.5 Å². The zero-order valence-electron chi connectivity index (χ0n) is 15.2. The van der Waals surface area contributed by atoms with Crippen LogP contribution >= 0.6 is 11.6 Å². The van der Waals surface area contributed by atoms with Crippen molar-refractivity contribution in [3.8, 4) is 11.3 Å². The second-order valence-corrected chi connectivity index (χ2v) is 6.76. The molecule has 7 nitrogen and oxygen atoms in total. The molecule has 2 heterocycles.